The number of nitrogens with two attached hydrogens (primary N) is 1. The largest absolute Gasteiger partial charge is 0.397 e. The highest BCUT2D eigenvalue weighted by atomic mass is 16.2. The summed E-state index contributed by atoms with van der Waals surface area (Å²) in [4.78, 5) is 13.1. The molecule has 3 aromatic rings. The smallest absolute Gasteiger partial charge is 0.235 e. The number of rotatable bonds is 1. The lowest BCUT2D eigenvalue weighted by Crippen LogP contribution is -2.23. The van der Waals surface area contributed by atoms with Crippen molar-refractivity contribution < 1.29 is 4.79 Å². The molecule has 3 nitrogen and oxygen atoms in total. The molecule has 0 unspecified atom stereocenters. The molecular weight excluding hydrogens is 272 g/mol. The zero-order chi connectivity index (χ0) is 15.3. The standard InChI is InChI=1S/C19H18N2O/c1-12-18(20)16-8-4-5-9-17(16)21(12)19(22)15-10-13-6-2-3-7-14(13)11-15/h2-9,15H,10-11,20H2,1H3. The summed E-state index contributed by atoms with van der Waals surface area (Å²) in [6.45, 7) is 1.93. The molecular formula is C19H18N2O. The van der Waals surface area contributed by atoms with Gasteiger partial charge in [-0.25, -0.2) is 0 Å². The lowest BCUT2D eigenvalue weighted by atomic mass is 10.1. The molecule has 4 rings (SSSR count). The number of nitrogen functional groups attached to an aromatic ring is 1. The Labute approximate surface area is 129 Å². The van der Waals surface area contributed by atoms with E-state index in [0.29, 0.717) is 5.69 Å². The molecule has 1 aromatic heterocycles. The molecule has 0 saturated heterocycles. The van der Waals surface area contributed by atoms with Crippen LogP contribution in [0.15, 0.2) is 48.5 Å². The number of nitrogens with zero attached hydrogens (tertiary/aromatic N) is 1. The van der Waals surface area contributed by atoms with Gasteiger partial charge in [-0.1, -0.05) is 42.5 Å². The van der Waals surface area contributed by atoms with Crippen molar-refractivity contribution in [2.24, 2.45) is 5.92 Å². The lowest BCUT2D eigenvalue weighted by Gasteiger charge is -2.12. The quantitative estimate of drug-likeness (QED) is 0.744. The summed E-state index contributed by atoms with van der Waals surface area (Å²) in [5.41, 5.74) is 11.2. The van der Waals surface area contributed by atoms with Crippen LogP contribution >= 0.6 is 0 Å². The fourth-order valence-electron chi connectivity index (χ4n) is 3.59. The van der Waals surface area contributed by atoms with Gasteiger partial charge in [0.25, 0.3) is 0 Å². The van der Waals surface area contributed by atoms with E-state index in [4.69, 9.17) is 5.73 Å². The Morgan fingerprint density at radius 2 is 1.64 bits per heavy atom. The summed E-state index contributed by atoms with van der Waals surface area (Å²) in [6, 6.07) is 16.2. The van der Waals surface area contributed by atoms with E-state index in [1.807, 2.05) is 43.3 Å². The molecule has 1 aliphatic rings. The number of hydrogen-bond donors (Lipinski definition) is 1. The van der Waals surface area contributed by atoms with Gasteiger partial charge in [0.05, 0.1) is 11.2 Å². The van der Waals surface area contributed by atoms with E-state index in [1.165, 1.54) is 11.1 Å². The van der Waals surface area contributed by atoms with Crippen molar-refractivity contribution in [3.63, 3.8) is 0 Å². The molecule has 2 N–H and O–H groups in total. The molecule has 22 heavy (non-hydrogen) atoms. The van der Waals surface area contributed by atoms with Crippen LogP contribution < -0.4 is 5.73 Å². The molecule has 110 valence electrons. The molecule has 1 aliphatic carbocycles. The third-order valence-corrected chi connectivity index (χ3v) is 4.78. The van der Waals surface area contributed by atoms with E-state index in [1.54, 1.807) is 4.57 Å². The maximum atomic E-state index is 13.1. The number of hydrogen-bond acceptors (Lipinski definition) is 2. The summed E-state index contributed by atoms with van der Waals surface area (Å²) in [5.74, 6) is 0.160. The summed E-state index contributed by atoms with van der Waals surface area (Å²) in [5, 5.41) is 0.962. The lowest BCUT2D eigenvalue weighted by molar-refractivity contribution is 0.0843. The molecule has 0 spiro atoms. The summed E-state index contributed by atoms with van der Waals surface area (Å²) in [6.07, 6.45) is 1.64. The van der Waals surface area contributed by atoms with E-state index in [0.717, 1.165) is 29.4 Å². The van der Waals surface area contributed by atoms with Crippen LogP contribution in [0.4, 0.5) is 5.69 Å². The first-order chi connectivity index (χ1) is 10.7. The number of carbonyl (C=O) groups excluding carboxylic acids is 1. The van der Waals surface area contributed by atoms with Crippen molar-refractivity contribution in [1.82, 2.24) is 4.57 Å². The normalized spacial score (nSPS) is 14.4. The first kappa shape index (κ1) is 13.1. The van der Waals surface area contributed by atoms with Crippen molar-refractivity contribution >= 4 is 22.5 Å². The first-order valence-electron chi connectivity index (χ1n) is 7.63. The molecule has 0 atom stereocenters. The van der Waals surface area contributed by atoms with Crippen LogP contribution in [0.5, 0.6) is 0 Å². The average molecular weight is 290 g/mol. The van der Waals surface area contributed by atoms with Gasteiger partial charge in [0.15, 0.2) is 0 Å². The van der Waals surface area contributed by atoms with Gasteiger partial charge >= 0.3 is 0 Å². The highest BCUT2D eigenvalue weighted by Crippen LogP contribution is 2.32. The number of carbonyl (C=O) groups is 1. The van der Waals surface area contributed by atoms with Crippen molar-refractivity contribution in [3.8, 4) is 0 Å². The van der Waals surface area contributed by atoms with Gasteiger partial charge in [-0.15, -0.1) is 0 Å². The zero-order valence-electron chi connectivity index (χ0n) is 12.5. The minimum atomic E-state index is 0.00584. The Hall–Kier alpha value is -2.55. The van der Waals surface area contributed by atoms with Gasteiger partial charge in [-0.05, 0) is 37.0 Å². The topological polar surface area (TPSA) is 48.0 Å². The molecule has 3 heteroatoms. The minimum Gasteiger partial charge on any atom is -0.397 e. The van der Waals surface area contributed by atoms with Gasteiger partial charge < -0.3 is 5.73 Å². The van der Waals surface area contributed by atoms with E-state index in [9.17, 15) is 4.79 Å². The second kappa shape index (κ2) is 4.73. The fraction of sp³-hybridized carbons (Fsp3) is 0.211. The van der Waals surface area contributed by atoms with E-state index in [-0.39, 0.29) is 11.8 Å². The summed E-state index contributed by atoms with van der Waals surface area (Å²) < 4.78 is 1.81. The van der Waals surface area contributed by atoms with E-state index < -0.39 is 0 Å². The number of benzene rings is 2. The van der Waals surface area contributed by atoms with Gasteiger partial charge in [-0.2, -0.15) is 0 Å². The maximum absolute atomic E-state index is 13.1. The molecule has 0 radical (unpaired) electrons. The van der Waals surface area contributed by atoms with Crippen molar-refractivity contribution in [3.05, 3.63) is 65.4 Å². The number of aromatic nitrogens is 1. The Kier molecular flexibility index (Phi) is 2.83. The predicted octanol–water partition coefficient (Wildman–Crippen LogP) is 3.59. The Morgan fingerprint density at radius 1 is 1.05 bits per heavy atom. The van der Waals surface area contributed by atoms with Crippen LogP contribution in [0, 0.1) is 12.8 Å². The zero-order valence-corrected chi connectivity index (χ0v) is 12.5. The summed E-state index contributed by atoms with van der Waals surface area (Å²) >= 11 is 0. The third-order valence-electron chi connectivity index (χ3n) is 4.78. The van der Waals surface area contributed by atoms with Crippen molar-refractivity contribution in [2.75, 3.05) is 5.73 Å². The number of para-hydroxylation sites is 1. The van der Waals surface area contributed by atoms with Crippen LogP contribution in [0.3, 0.4) is 0 Å². The monoisotopic (exact) mass is 290 g/mol. The molecule has 0 amide bonds. The molecule has 0 aliphatic heterocycles. The van der Waals surface area contributed by atoms with Crippen LogP contribution in [0.25, 0.3) is 10.9 Å². The van der Waals surface area contributed by atoms with Crippen LogP contribution in [-0.2, 0) is 12.8 Å². The van der Waals surface area contributed by atoms with Crippen LogP contribution in [0.1, 0.15) is 21.6 Å². The minimum absolute atomic E-state index is 0.00584. The molecule has 0 fully saturated rings. The number of fused-ring (bicyclic) bond motifs is 2. The highest BCUT2D eigenvalue weighted by Gasteiger charge is 2.30. The molecule has 0 saturated carbocycles. The van der Waals surface area contributed by atoms with Crippen molar-refractivity contribution in [1.29, 1.82) is 0 Å². The highest BCUT2D eigenvalue weighted by molar-refractivity contribution is 6.02. The van der Waals surface area contributed by atoms with Gasteiger partial charge in [-0.3, -0.25) is 9.36 Å². The average Bonchev–Trinajstić information content (AvgIpc) is 3.08. The van der Waals surface area contributed by atoms with Crippen molar-refractivity contribution in [2.45, 2.75) is 19.8 Å². The molecule has 1 heterocycles. The third kappa shape index (κ3) is 1.78. The molecule has 0 bridgehead atoms. The number of anilines is 1. The fourth-order valence-corrected chi connectivity index (χ4v) is 3.59. The van der Waals surface area contributed by atoms with E-state index in [2.05, 4.69) is 12.1 Å². The van der Waals surface area contributed by atoms with Crippen LogP contribution in [0.2, 0.25) is 0 Å². The van der Waals surface area contributed by atoms with Gasteiger partial charge in [0.2, 0.25) is 5.91 Å². The predicted molar refractivity (Wildman–Crippen MR) is 89.1 cm³/mol. The Morgan fingerprint density at radius 3 is 2.32 bits per heavy atom. The maximum Gasteiger partial charge on any atom is 0.235 e. The van der Waals surface area contributed by atoms with Gasteiger partial charge in [0.1, 0.15) is 0 Å². The Balaban J connectivity index is 1.78. The first-order valence-corrected chi connectivity index (χ1v) is 7.63. The van der Waals surface area contributed by atoms with E-state index >= 15 is 0 Å². The van der Waals surface area contributed by atoms with Crippen LogP contribution in [-0.4, -0.2) is 10.5 Å². The second-order valence-corrected chi connectivity index (χ2v) is 6.06. The summed E-state index contributed by atoms with van der Waals surface area (Å²) in [7, 11) is 0. The SMILES string of the molecule is Cc1c(N)c2ccccc2n1C(=O)C1Cc2ccccc2C1. The molecule has 2 aromatic carbocycles. The Bertz CT molecular complexity index is 867. The van der Waals surface area contributed by atoms with Gasteiger partial charge in [0, 0.05) is 17.0 Å². The second-order valence-electron chi connectivity index (χ2n) is 6.06.